The van der Waals surface area contributed by atoms with Crippen molar-refractivity contribution in [3.8, 4) is 0 Å². The molecule has 0 saturated heterocycles. The number of nitrogen functional groups attached to an aromatic ring is 5. The van der Waals surface area contributed by atoms with Gasteiger partial charge in [0.1, 0.15) is 5.15 Å². The average molecular weight is 695 g/mol. The van der Waals surface area contributed by atoms with E-state index in [9.17, 15) is 20.2 Å². The van der Waals surface area contributed by atoms with Crippen LogP contribution in [0.25, 0.3) is 0 Å². The maximum absolute atomic E-state index is 10.6. The lowest BCUT2D eigenvalue weighted by Gasteiger charge is -2.02. The number of benzene rings is 3. The van der Waals surface area contributed by atoms with Crippen molar-refractivity contribution >= 4 is 51.4 Å². The maximum Gasteiger partial charge on any atom is 0.274 e. The van der Waals surface area contributed by atoms with E-state index in [2.05, 4.69) is 15.0 Å². The lowest BCUT2D eigenvalue weighted by atomic mass is 10.1. The zero-order valence-electron chi connectivity index (χ0n) is 26.7. The van der Waals surface area contributed by atoms with Crippen LogP contribution in [0.15, 0.2) is 128 Å². The number of nitro groups is 2. The third kappa shape index (κ3) is 13.9. The monoisotopic (exact) mass is 694 g/mol. The van der Waals surface area contributed by atoms with Gasteiger partial charge >= 0.3 is 0 Å². The van der Waals surface area contributed by atoms with Gasteiger partial charge in [-0.25, -0.2) is 4.98 Å². The number of nitrogens with two attached hydrogens (primary N) is 5. The molecule has 50 heavy (non-hydrogen) atoms. The molecule has 6 aromatic rings. The topological polar surface area (TPSA) is 255 Å². The quantitative estimate of drug-likeness (QED) is 0.0542. The summed E-state index contributed by atoms with van der Waals surface area (Å²) in [5, 5.41) is 20.8. The summed E-state index contributed by atoms with van der Waals surface area (Å²) >= 11 is 5.37. The smallest absolute Gasteiger partial charge is 0.274 e. The number of hydrogen-bond acceptors (Lipinski definition) is 12. The molecule has 0 bridgehead atoms. The Morgan fingerprint density at radius 2 is 0.840 bits per heavy atom. The first-order valence-corrected chi connectivity index (χ1v) is 15.1. The number of hydrogen-bond donors (Lipinski definition) is 5. The third-order valence-corrected chi connectivity index (χ3v) is 6.65. The van der Waals surface area contributed by atoms with Crippen LogP contribution in [0.5, 0.6) is 0 Å². The fraction of sp³-hybridized carbons (Fsp3) is 0.0571. The van der Waals surface area contributed by atoms with Gasteiger partial charge in [-0.3, -0.25) is 30.2 Å². The van der Waals surface area contributed by atoms with Crippen molar-refractivity contribution in [3.63, 3.8) is 0 Å². The molecule has 0 fully saturated rings. The van der Waals surface area contributed by atoms with Gasteiger partial charge in [0.2, 0.25) is 0 Å². The van der Waals surface area contributed by atoms with E-state index >= 15 is 0 Å². The highest BCUT2D eigenvalue weighted by Gasteiger charge is 2.07. The zero-order chi connectivity index (χ0) is 36.5. The van der Waals surface area contributed by atoms with Crippen molar-refractivity contribution in [2.45, 2.75) is 12.8 Å². The predicted octanol–water partition coefficient (Wildman–Crippen LogP) is 6.49. The number of halogens is 1. The highest BCUT2D eigenvalue weighted by molar-refractivity contribution is 6.29. The van der Waals surface area contributed by atoms with Crippen molar-refractivity contribution in [1.29, 1.82) is 0 Å². The third-order valence-electron chi connectivity index (χ3n) is 6.44. The molecule has 0 amide bonds. The summed E-state index contributed by atoms with van der Waals surface area (Å²) in [6, 6.07) is 31.3. The number of anilines is 5. The van der Waals surface area contributed by atoms with Crippen LogP contribution < -0.4 is 28.7 Å². The Kier molecular flexibility index (Phi) is 14.4. The molecule has 3 aromatic heterocycles. The van der Waals surface area contributed by atoms with Crippen molar-refractivity contribution in [3.05, 3.63) is 176 Å². The molecule has 0 aliphatic heterocycles. The Morgan fingerprint density at radius 3 is 1.22 bits per heavy atom. The molecule has 3 heterocycles. The van der Waals surface area contributed by atoms with Crippen molar-refractivity contribution in [2.75, 3.05) is 28.7 Å². The molecule has 0 spiro atoms. The lowest BCUT2D eigenvalue weighted by Crippen LogP contribution is -1.95. The van der Waals surface area contributed by atoms with E-state index in [0.29, 0.717) is 17.8 Å². The van der Waals surface area contributed by atoms with Crippen LogP contribution in [-0.4, -0.2) is 24.8 Å². The van der Waals surface area contributed by atoms with Crippen LogP contribution >= 0.6 is 11.6 Å². The van der Waals surface area contributed by atoms with Crippen LogP contribution in [0, 0.1) is 20.2 Å². The molecule has 0 aliphatic carbocycles. The first-order valence-electron chi connectivity index (χ1n) is 14.7. The highest BCUT2D eigenvalue weighted by atomic mass is 35.5. The van der Waals surface area contributed by atoms with Gasteiger partial charge in [-0.1, -0.05) is 35.9 Å². The summed E-state index contributed by atoms with van der Waals surface area (Å²) in [6.07, 6.45) is 5.81. The molecule has 0 atom stereocenters. The van der Waals surface area contributed by atoms with Gasteiger partial charge < -0.3 is 28.7 Å². The van der Waals surface area contributed by atoms with E-state index in [1.165, 1.54) is 42.2 Å². The molecule has 256 valence electrons. The fourth-order valence-corrected chi connectivity index (χ4v) is 4.13. The predicted molar refractivity (Wildman–Crippen MR) is 198 cm³/mol. The molecule has 6 rings (SSSR count). The van der Waals surface area contributed by atoms with E-state index in [-0.39, 0.29) is 16.5 Å². The lowest BCUT2D eigenvalue weighted by molar-refractivity contribution is -0.385. The molecule has 0 aliphatic rings. The standard InChI is InChI=1S/C12H11N3O2.C12H13N3.C6H8N2.C5H3ClN2O2/c13-10-3-1-9(2-4-10)7-11-8-12(15(16)17)5-6-14-11;13-10-3-1-9(2-4-10)7-12-8-11(14)5-6-15-12;7-5-1-2-6(8)4-3-5;6-5-3-4(8(9)10)1-2-7-5/h1-6,8H,7,13H2;1-6,8H,7,13H2,(H2,14,15);1-4H,7-8H2;1-3H. The molecule has 0 radical (unpaired) electrons. The van der Waals surface area contributed by atoms with Crippen molar-refractivity contribution in [1.82, 2.24) is 15.0 Å². The number of rotatable bonds is 6. The highest BCUT2D eigenvalue weighted by Crippen LogP contribution is 2.16. The number of pyridine rings is 3. The van der Waals surface area contributed by atoms with E-state index in [0.717, 1.165) is 40.4 Å². The summed E-state index contributed by atoms with van der Waals surface area (Å²) in [5.74, 6) is 0. The molecular formula is C35H35ClN10O4. The van der Waals surface area contributed by atoms with Gasteiger partial charge in [-0.2, -0.15) is 0 Å². The minimum Gasteiger partial charge on any atom is -0.399 e. The minimum absolute atomic E-state index is 0.0417. The molecule has 15 heteroatoms. The Hall–Kier alpha value is -6.80. The van der Waals surface area contributed by atoms with Crippen LogP contribution in [-0.2, 0) is 12.8 Å². The Morgan fingerprint density at radius 1 is 0.480 bits per heavy atom. The van der Waals surface area contributed by atoms with E-state index in [4.69, 9.17) is 40.3 Å². The Bertz CT molecular complexity index is 1960. The Balaban J connectivity index is 0.000000188. The van der Waals surface area contributed by atoms with Gasteiger partial charge in [0, 0.05) is 83.8 Å². The van der Waals surface area contributed by atoms with Crippen LogP contribution in [0.3, 0.4) is 0 Å². The SMILES string of the molecule is Nc1ccc(Cc2cc(N)ccn2)cc1.Nc1ccc(Cc2cc([N+](=O)[O-])ccn2)cc1.Nc1ccc(N)cc1.O=[N+]([O-])c1ccnc(Cl)c1. The molecule has 14 nitrogen and oxygen atoms in total. The molecule has 0 saturated carbocycles. The molecule has 3 aromatic carbocycles. The average Bonchev–Trinajstić information content (AvgIpc) is 3.09. The largest absolute Gasteiger partial charge is 0.399 e. The fourth-order valence-electron chi connectivity index (χ4n) is 3.96. The summed E-state index contributed by atoms with van der Waals surface area (Å²) in [5.41, 5.74) is 35.2. The molecular weight excluding hydrogens is 660 g/mol. The summed E-state index contributed by atoms with van der Waals surface area (Å²) in [4.78, 5) is 31.7. The van der Waals surface area contributed by atoms with Crippen LogP contribution in [0.1, 0.15) is 22.5 Å². The van der Waals surface area contributed by atoms with Gasteiger partial charge in [0.05, 0.1) is 21.6 Å². The van der Waals surface area contributed by atoms with Crippen molar-refractivity contribution < 1.29 is 9.85 Å². The number of nitrogens with zero attached hydrogens (tertiary/aromatic N) is 5. The maximum atomic E-state index is 10.6. The second kappa shape index (κ2) is 19.1. The molecule has 0 unspecified atom stereocenters. The van der Waals surface area contributed by atoms with E-state index in [1.807, 2.05) is 42.5 Å². The van der Waals surface area contributed by atoms with Crippen molar-refractivity contribution in [2.24, 2.45) is 0 Å². The first-order chi connectivity index (χ1) is 23.9. The second-order valence-electron chi connectivity index (χ2n) is 10.4. The second-order valence-corrected chi connectivity index (χ2v) is 10.8. The summed E-state index contributed by atoms with van der Waals surface area (Å²) in [7, 11) is 0. The zero-order valence-corrected chi connectivity index (χ0v) is 27.4. The first kappa shape index (κ1) is 37.7. The normalized spacial score (nSPS) is 9.78. The molecule has 10 N–H and O–H groups in total. The minimum atomic E-state index is -0.520. The summed E-state index contributed by atoms with van der Waals surface area (Å²) < 4.78 is 0. The Labute approximate surface area is 292 Å². The van der Waals surface area contributed by atoms with Gasteiger partial charge in [-0.15, -0.1) is 0 Å². The van der Waals surface area contributed by atoms with Gasteiger partial charge in [0.25, 0.3) is 11.4 Å². The van der Waals surface area contributed by atoms with Crippen LogP contribution in [0.4, 0.5) is 39.8 Å². The van der Waals surface area contributed by atoms with E-state index in [1.54, 1.807) is 48.7 Å². The van der Waals surface area contributed by atoms with Crippen LogP contribution in [0.2, 0.25) is 5.15 Å². The van der Waals surface area contributed by atoms with Gasteiger partial charge in [0.15, 0.2) is 0 Å². The van der Waals surface area contributed by atoms with E-state index < -0.39 is 9.85 Å². The summed E-state index contributed by atoms with van der Waals surface area (Å²) in [6.45, 7) is 0. The van der Waals surface area contributed by atoms with Gasteiger partial charge in [-0.05, 0) is 71.8 Å². The number of aromatic nitrogens is 3.